The maximum Gasteiger partial charge on any atom is 0.228 e. The molecule has 2 rings (SSSR count). The van der Waals surface area contributed by atoms with E-state index in [0.717, 1.165) is 5.56 Å². The van der Waals surface area contributed by atoms with E-state index in [1.165, 1.54) is 12.1 Å². The average molecular weight is 312 g/mol. The number of amides is 1. The molecule has 5 heteroatoms. The molecule has 1 N–H and O–H groups in total. The van der Waals surface area contributed by atoms with Gasteiger partial charge in [0.1, 0.15) is 5.82 Å². The van der Waals surface area contributed by atoms with Gasteiger partial charge in [-0.25, -0.2) is 4.39 Å². The molecule has 2 nitrogen and oxygen atoms in total. The Labute approximate surface area is 126 Å². The second-order valence-electron chi connectivity index (χ2n) is 4.22. The lowest BCUT2D eigenvalue weighted by molar-refractivity contribution is -0.115. The number of halogens is 3. The van der Waals surface area contributed by atoms with Gasteiger partial charge in [0.05, 0.1) is 6.42 Å². The topological polar surface area (TPSA) is 29.1 Å². The van der Waals surface area contributed by atoms with E-state index in [-0.39, 0.29) is 28.8 Å². The van der Waals surface area contributed by atoms with E-state index in [0.29, 0.717) is 5.69 Å². The van der Waals surface area contributed by atoms with Crippen LogP contribution in [0.15, 0.2) is 42.5 Å². The van der Waals surface area contributed by atoms with Gasteiger partial charge in [-0.15, -0.1) is 11.6 Å². The van der Waals surface area contributed by atoms with Crippen LogP contribution in [0.2, 0.25) is 5.02 Å². The highest BCUT2D eigenvalue weighted by Crippen LogP contribution is 2.21. The quantitative estimate of drug-likeness (QED) is 0.833. The smallest absolute Gasteiger partial charge is 0.228 e. The number of nitrogens with one attached hydrogen (secondary N) is 1. The molecule has 0 bridgehead atoms. The highest BCUT2D eigenvalue weighted by molar-refractivity contribution is 6.31. The summed E-state index contributed by atoms with van der Waals surface area (Å²) >= 11 is 11.7. The molecule has 0 radical (unpaired) electrons. The monoisotopic (exact) mass is 311 g/mol. The molecular weight excluding hydrogens is 300 g/mol. The first-order valence-corrected chi connectivity index (χ1v) is 6.89. The van der Waals surface area contributed by atoms with Gasteiger partial charge in [0.2, 0.25) is 5.91 Å². The number of para-hydroxylation sites is 1. The number of hydrogen-bond donors (Lipinski definition) is 1. The third kappa shape index (κ3) is 3.50. The third-order valence-corrected chi connectivity index (χ3v) is 3.48. The molecular formula is C15H12Cl2FNO. The Bertz CT molecular complexity index is 611. The van der Waals surface area contributed by atoms with Gasteiger partial charge in [0.25, 0.3) is 0 Å². The fourth-order valence-electron chi connectivity index (χ4n) is 1.81. The zero-order valence-corrected chi connectivity index (χ0v) is 12.0. The fraction of sp³-hybridized carbons (Fsp3) is 0.133. The van der Waals surface area contributed by atoms with Crippen molar-refractivity contribution in [3.05, 3.63) is 64.4 Å². The van der Waals surface area contributed by atoms with Gasteiger partial charge >= 0.3 is 0 Å². The molecule has 1 amide bonds. The Morgan fingerprint density at radius 3 is 2.60 bits per heavy atom. The number of hydrogen-bond acceptors (Lipinski definition) is 1. The van der Waals surface area contributed by atoms with E-state index in [9.17, 15) is 9.18 Å². The molecule has 2 aromatic carbocycles. The maximum absolute atomic E-state index is 13.6. The molecule has 0 fully saturated rings. The summed E-state index contributed by atoms with van der Waals surface area (Å²) in [6.07, 6.45) is -0.123. The number of anilines is 1. The van der Waals surface area contributed by atoms with Crippen LogP contribution >= 0.6 is 23.2 Å². The van der Waals surface area contributed by atoms with Crippen molar-refractivity contribution < 1.29 is 9.18 Å². The minimum absolute atomic E-state index is 0.123. The molecule has 20 heavy (non-hydrogen) atoms. The molecule has 104 valence electrons. The van der Waals surface area contributed by atoms with Crippen molar-refractivity contribution in [2.45, 2.75) is 12.3 Å². The average Bonchev–Trinajstić information content (AvgIpc) is 2.44. The molecule has 0 aliphatic carbocycles. The predicted octanol–water partition coefficient (Wildman–Crippen LogP) is 4.40. The first-order valence-electron chi connectivity index (χ1n) is 5.98. The van der Waals surface area contributed by atoms with Gasteiger partial charge in [-0.1, -0.05) is 35.9 Å². The van der Waals surface area contributed by atoms with Crippen LogP contribution in [0.3, 0.4) is 0 Å². The van der Waals surface area contributed by atoms with Gasteiger partial charge < -0.3 is 5.32 Å². The first kappa shape index (κ1) is 14.8. The Hall–Kier alpha value is -1.58. The van der Waals surface area contributed by atoms with Crippen molar-refractivity contribution in [3.8, 4) is 0 Å². The SMILES string of the molecule is O=C(Cc1c(F)cccc1Cl)Nc1ccccc1CCl. The second-order valence-corrected chi connectivity index (χ2v) is 4.89. The highest BCUT2D eigenvalue weighted by Gasteiger charge is 2.13. The lowest BCUT2D eigenvalue weighted by Gasteiger charge is -2.10. The molecule has 0 saturated carbocycles. The Kier molecular flexibility index (Phi) is 4.99. The molecule has 0 spiro atoms. The molecule has 0 atom stereocenters. The zero-order valence-electron chi connectivity index (χ0n) is 10.5. The number of rotatable bonds is 4. The van der Waals surface area contributed by atoms with Crippen LogP contribution in [0.25, 0.3) is 0 Å². The van der Waals surface area contributed by atoms with E-state index >= 15 is 0 Å². The highest BCUT2D eigenvalue weighted by atomic mass is 35.5. The number of benzene rings is 2. The van der Waals surface area contributed by atoms with Crippen molar-refractivity contribution in [2.24, 2.45) is 0 Å². The van der Waals surface area contributed by atoms with Gasteiger partial charge in [-0.2, -0.15) is 0 Å². The van der Waals surface area contributed by atoms with Crippen molar-refractivity contribution in [1.29, 1.82) is 0 Å². The largest absolute Gasteiger partial charge is 0.326 e. The van der Waals surface area contributed by atoms with Crippen LogP contribution in [-0.2, 0) is 17.1 Å². The second kappa shape index (κ2) is 6.73. The lowest BCUT2D eigenvalue weighted by atomic mass is 10.1. The van der Waals surface area contributed by atoms with Gasteiger partial charge in [-0.05, 0) is 23.8 Å². The standard InChI is InChI=1S/C15H12Cl2FNO/c16-9-10-4-1-2-7-14(10)19-15(20)8-11-12(17)5-3-6-13(11)18/h1-7H,8-9H2,(H,19,20). The summed E-state index contributed by atoms with van der Waals surface area (Å²) in [5, 5.41) is 2.96. The van der Waals surface area contributed by atoms with Crippen LogP contribution in [0.4, 0.5) is 10.1 Å². The summed E-state index contributed by atoms with van der Waals surface area (Å²) in [5.41, 5.74) is 1.62. The first-order chi connectivity index (χ1) is 9.61. The van der Waals surface area contributed by atoms with Crippen molar-refractivity contribution in [3.63, 3.8) is 0 Å². The number of carbonyl (C=O) groups is 1. The normalized spacial score (nSPS) is 10.3. The van der Waals surface area contributed by atoms with E-state index in [4.69, 9.17) is 23.2 Å². The summed E-state index contributed by atoms with van der Waals surface area (Å²) in [4.78, 5) is 12.0. The Morgan fingerprint density at radius 1 is 1.15 bits per heavy atom. The van der Waals surface area contributed by atoms with E-state index in [1.807, 2.05) is 12.1 Å². The van der Waals surface area contributed by atoms with Crippen LogP contribution in [-0.4, -0.2) is 5.91 Å². The van der Waals surface area contributed by atoms with Gasteiger partial charge in [0, 0.05) is 22.2 Å². The van der Waals surface area contributed by atoms with Crippen molar-refractivity contribution in [2.75, 3.05) is 5.32 Å². The maximum atomic E-state index is 13.6. The third-order valence-electron chi connectivity index (χ3n) is 2.83. The molecule has 0 aliphatic heterocycles. The van der Waals surface area contributed by atoms with Crippen molar-refractivity contribution in [1.82, 2.24) is 0 Å². The van der Waals surface area contributed by atoms with Gasteiger partial charge in [-0.3, -0.25) is 4.79 Å². The number of carbonyl (C=O) groups excluding carboxylic acids is 1. The minimum Gasteiger partial charge on any atom is -0.326 e. The van der Waals surface area contributed by atoms with E-state index in [1.54, 1.807) is 18.2 Å². The number of alkyl halides is 1. The zero-order chi connectivity index (χ0) is 14.5. The molecule has 0 aromatic heterocycles. The summed E-state index contributed by atoms with van der Waals surface area (Å²) in [6.45, 7) is 0. The van der Waals surface area contributed by atoms with E-state index in [2.05, 4.69) is 5.32 Å². The van der Waals surface area contributed by atoms with Crippen LogP contribution in [0, 0.1) is 5.82 Å². The van der Waals surface area contributed by atoms with Gasteiger partial charge in [0.15, 0.2) is 0 Å². The minimum atomic E-state index is -0.488. The summed E-state index contributed by atoms with van der Waals surface area (Å²) in [6, 6.07) is 11.5. The Balaban J connectivity index is 2.13. The lowest BCUT2D eigenvalue weighted by Crippen LogP contribution is -2.16. The molecule has 0 aliphatic rings. The van der Waals surface area contributed by atoms with Crippen LogP contribution in [0.5, 0.6) is 0 Å². The molecule has 0 heterocycles. The summed E-state index contributed by atoms with van der Waals surface area (Å²) in [5.74, 6) is -0.537. The van der Waals surface area contributed by atoms with E-state index < -0.39 is 5.82 Å². The summed E-state index contributed by atoms with van der Waals surface area (Å²) in [7, 11) is 0. The molecule has 0 saturated heterocycles. The predicted molar refractivity (Wildman–Crippen MR) is 79.7 cm³/mol. The van der Waals surface area contributed by atoms with Crippen molar-refractivity contribution >= 4 is 34.8 Å². The molecule has 0 unspecified atom stereocenters. The van der Waals surface area contributed by atoms with Crippen LogP contribution < -0.4 is 5.32 Å². The fourth-order valence-corrected chi connectivity index (χ4v) is 2.28. The summed E-state index contributed by atoms with van der Waals surface area (Å²) < 4.78 is 13.6. The Morgan fingerprint density at radius 2 is 1.90 bits per heavy atom. The van der Waals surface area contributed by atoms with Crippen LogP contribution in [0.1, 0.15) is 11.1 Å². The molecule has 2 aromatic rings.